The van der Waals surface area contributed by atoms with E-state index >= 15 is 0 Å². The molecule has 0 fully saturated rings. The zero-order chi connectivity index (χ0) is 14.0. The van der Waals surface area contributed by atoms with E-state index in [1.807, 2.05) is 43.3 Å². The summed E-state index contributed by atoms with van der Waals surface area (Å²) in [6, 6.07) is 11.4. The van der Waals surface area contributed by atoms with Gasteiger partial charge in [-0.25, -0.2) is 0 Å². The molecule has 4 heteroatoms. The van der Waals surface area contributed by atoms with E-state index in [4.69, 9.17) is 5.73 Å². The average Bonchev–Trinajstić information content (AvgIpc) is 2.35. The Bertz CT molecular complexity index is 673. The number of aryl methyl sites for hydroxylation is 2. The van der Waals surface area contributed by atoms with Crippen molar-refractivity contribution >= 4 is 5.91 Å². The number of benzene rings is 1. The fourth-order valence-electron chi connectivity index (χ4n) is 2.19. The number of amides is 1. The Labute approximate surface area is 111 Å². The maximum atomic E-state index is 12.3. The minimum atomic E-state index is -0.677. The van der Waals surface area contributed by atoms with Crippen LogP contribution in [0.2, 0.25) is 0 Å². The first-order valence-corrected chi connectivity index (χ1v) is 6.05. The lowest BCUT2D eigenvalue weighted by atomic mass is 10.1. The second-order valence-electron chi connectivity index (χ2n) is 4.58. The molecule has 1 amide bonds. The van der Waals surface area contributed by atoms with Crippen molar-refractivity contribution in [1.29, 1.82) is 0 Å². The standard InChI is InChI=1S/C15H16N2O2/c1-10-8-11(2)17(15(19)13(10)14(16)18)9-12-6-4-3-5-7-12/h3-8H,9H2,1-2H3,(H2,16,18). The molecule has 98 valence electrons. The Balaban J connectivity index is 2.55. The minimum Gasteiger partial charge on any atom is -0.365 e. The summed E-state index contributed by atoms with van der Waals surface area (Å²) in [5.74, 6) is -0.677. The predicted octanol–water partition coefficient (Wildman–Crippen LogP) is 1.61. The Hall–Kier alpha value is -2.36. The summed E-state index contributed by atoms with van der Waals surface area (Å²) in [6.45, 7) is 4.01. The van der Waals surface area contributed by atoms with Crippen molar-refractivity contribution in [1.82, 2.24) is 4.57 Å². The van der Waals surface area contributed by atoms with Crippen molar-refractivity contribution in [3.05, 3.63) is 69.1 Å². The highest BCUT2D eigenvalue weighted by Crippen LogP contribution is 2.08. The zero-order valence-corrected chi connectivity index (χ0v) is 11.0. The summed E-state index contributed by atoms with van der Waals surface area (Å²) in [6.07, 6.45) is 0. The number of rotatable bonds is 3. The maximum absolute atomic E-state index is 12.3. The summed E-state index contributed by atoms with van der Waals surface area (Å²) in [4.78, 5) is 23.7. The molecule has 2 N–H and O–H groups in total. The van der Waals surface area contributed by atoms with Gasteiger partial charge in [-0.1, -0.05) is 30.3 Å². The molecule has 4 nitrogen and oxygen atoms in total. The van der Waals surface area contributed by atoms with Crippen LogP contribution in [0.5, 0.6) is 0 Å². The number of pyridine rings is 1. The van der Waals surface area contributed by atoms with Gasteiger partial charge in [-0.3, -0.25) is 9.59 Å². The van der Waals surface area contributed by atoms with Gasteiger partial charge in [0.15, 0.2) is 0 Å². The van der Waals surface area contributed by atoms with E-state index in [-0.39, 0.29) is 11.1 Å². The largest absolute Gasteiger partial charge is 0.365 e. The number of nitrogens with zero attached hydrogens (tertiary/aromatic N) is 1. The van der Waals surface area contributed by atoms with Crippen LogP contribution in [0.15, 0.2) is 41.2 Å². The lowest BCUT2D eigenvalue weighted by molar-refractivity contribution is 0.0997. The number of carbonyl (C=O) groups excluding carboxylic acids is 1. The van der Waals surface area contributed by atoms with E-state index in [0.717, 1.165) is 11.3 Å². The summed E-state index contributed by atoms with van der Waals surface area (Å²) < 4.78 is 1.57. The lowest BCUT2D eigenvalue weighted by Gasteiger charge is -2.13. The van der Waals surface area contributed by atoms with Gasteiger partial charge in [0.2, 0.25) is 0 Å². The molecule has 0 saturated carbocycles. The predicted molar refractivity (Wildman–Crippen MR) is 74.2 cm³/mol. The normalized spacial score (nSPS) is 10.4. The van der Waals surface area contributed by atoms with Crippen LogP contribution in [0.3, 0.4) is 0 Å². The van der Waals surface area contributed by atoms with E-state index in [9.17, 15) is 9.59 Å². The maximum Gasteiger partial charge on any atom is 0.264 e. The first kappa shape index (κ1) is 13.1. The highest BCUT2D eigenvalue weighted by Gasteiger charge is 2.14. The van der Waals surface area contributed by atoms with Crippen LogP contribution in [0.4, 0.5) is 0 Å². The first-order valence-electron chi connectivity index (χ1n) is 6.05. The fourth-order valence-corrected chi connectivity index (χ4v) is 2.19. The van der Waals surface area contributed by atoms with Crippen LogP contribution in [-0.2, 0) is 6.54 Å². The summed E-state index contributed by atoms with van der Waals surface area (Å²) in [7, 11) is 0. The zero-order valence-electron chi connectivity index (χ0n) is 11.0. The molecule has 19 heavy (non-hydrogen) atoms. The van der Waals surface area contributed by atoms with Gasteiger partial charge in [-0.15, -0.1) is 0 Å². The van der Waals surface area contributed by atoms with Crippen LogP contribution < -0.4 is 11.3 Å². The van der Waals surface area contributed by atoms with Gasteiger partial charge in [-0.2, -0.15) is 0 Å². The molecule has 0 aliphatic heterocycles. The molecule has 2 aromatic rings. The van der Waals surface area contributed by atoms with Gasteiger partial charge in [0.1, 0.15) is 5.56 Å². The van der Waals surface area contributed by atoms with Crippen LogP contribution in [0.1, 0.15) is 27.2 Å². The van der Waals surface area contributed by atoms with Gasteiger partial charge in [0.05, 0.1) is 6.54 Å². The molecular formula is C15H16N2O2. The third-order valence-corrected chi connectivity index (χ3v) is 3.13. The molecular weight excluding hydrogens is 240 g/mol. The highest BCUT2D eigenvalue weighted by atomic mass is 16.2. The smallest absolute Gasteiger partial charge is 0.264 e. The SMILES string of the molecule is Cc1cc(C)n(Cc2ccccc2)c(=O)c1C(N)=O. The second-order valence-corrected chi connectivity index (χ2v) is 4.58. The molecule has 1 heterocycles. The molecule has 0 aliphatic carbocycles. The van der Waals surface area contributed by atoms with E-state index in [1.54, 1.807) is 11.5 Å². The van der Waals surface area contributed by atoms with E-state index < -0.39 is 5.91 Å². The average molecular weight is 256 g/mol. The van der Waals surface area contributed by atoms with E-state index in [2.05, 4.69) is 0 Å². The van der Waals surface area contributed by atoms with Crippen LogP contribution >= 0.6 is 0 Å². The third kappa shape index (κ3) is 2.57. The Morgan fingerprint density at radius 3 is 2.42 bits per heavy atom. The number of primary amides is 1. The first-order chi connectivity index (χ1) is 9.00. The lowest BCUT2D eigenvalue weighted by Crippen LogP contribution is -2.32. The van der Waals surface area contributed by atoms with Gasteiger partial charge in [-0.05, 0) is 31.0 Å². The van der Waals surface area contributed by atoms with Crippen LogP contribution in [0, 0.1) is 13.8 Å². The molecule has 2 rings (SSSR count). The van der Waals surface area contributed by atoms with Crippen molar-refractivity contribution < 1.29 is 4.79 Å². The molecule has 0 saturated heterocycles. The van der Waals surface area contributed by atoms with Gasteiger partial charge >= 0.3 is 0 Å². The van der Waals surface area contributed by atoms with Crippen molar-refractivity contribution in [2.24, 2.45) is 5.73 Å². The number of aromatic nitrogens is 1. The highest BCUT2D eigenvalue weighted by molar-refractivity contribution is 5.93. The molecule has 1 aromatic carbocycles. The molecule has 0 aliphatic rings. The van der Waals surface area contributed by atoms with Crippen molar-refractivity contribution in [2.45, 2.75) is 20.4 Å². The van der Waals surface area contributed by atoms with Crippen molar-refractivity contribution in [2.75, 3.05) is 0 Å². The fraction of sp³-hybridized carbons (Fsp3) is 0.200. The molecule has 1 aromatic heterocycles. The van der Waals surface area contributed by atoms with Crippen LogP contribution in [0.25, 0.3) is 0 Å². The molecule has 0 atom stereocenters. The van der Waals surface area contributed by atoms with Crippen molar-refractivity contribution in [3.63, 3.8) is 0 Å². The number of carbonyl (C=O) groups is 1. The second kappa shape index (κ2) is 5.10. The Morgan fingerprint density at radius 1 is 1.21 bits per heavy atom. The summed E-state index contributed by atoms with van der Waals surface area (Å²) in [5, 5.41) is 0. The number of hydrogen-bond acceptors (Lipinski definition) is 2. The van der Waals surface area contributed by atoms with E-state index in [1.165, 1.54) is 0 Å². The Kier molecular flexibility index (Phi) is 3.51. The summed E-state index contributed by atoms with van der Waals surface area (Å²) in [5.41, 5.74) is 7.47. The number of nitrogens with two attached hydrogens (primary N) is 1. The van der Waals surface area contributed by atoms with Gasteiger partial charge < -0.3 is 10.3 Å². The minimum absolute atomic E-state index is 0.0709. The quantitative estimate of drug-likeness (QED) is 0.906. The molecule has 0 bridgehead atoms. The summed E-state index contributed by atoms with van der Waals surface area (Å²) >= 11 is 0. The van der Waals surface area contributed by atoms with Gasteiger partial charge in [0, 0.05) is 5.69 Å². The third-order valence-electron chi connectivity index (χ3n) is 3.13. The number of hydrogen-bond donors (Lipinski definition) is 1. The van der Waals surface area contributed by atoms with Crippen molar-refractivity contribution in [3.8, 4) is 0 Å². The monoisotopic (exact) mass is 256 g/mol. The Morgan fingerprint density at radius 2 is 1.84 bits per heavy atom. The van der Waals surface area contributed by atoms with E-state index in [0.29, 0.717) is 12.1 Å². The molecule has 0 unspecified atom stereocenters. The van der Waals surface area contributed by atoms with Crippen LogP contribution in [-0.4, -0.2) is 10.5 Å². The van der Waals surface area contributed by atoms with Gasteiger partial charge in [0.25, 0.3) is 11.5 Å². The topological polar surface area (TPSA) is 65.1 Å². The molecule has 0 spiro atoms. The molecule has 0 radical (unpaired) electrons.